The molecule has 6 rings (SSSR count). The number of aromatic nitrogens is 2. The standard InChI is InChI=1S/C35H41N7O8S/c1-22-32(45)40-26(16-23-8-5-4-6-9-23)34(47)37-11-12-41(30(44)19-25-20-42-13-15-51-35(42)39-25)21-29(43)36-10-7-14-50-31-27(48-2)17-24(33(46)38-22)18-28(31)49-3/h4-6,8-9,13,15,17-18,20,22,26H,7,10-12,14,16,19,21H2,1-3H3,(H,36,43)(H,37,47)(H,38,46)(H,40,45)/t22-,26+/m0/s1. The largest absolute Gasteiger partial charge is 0.493 e. The van der Waals surface area contributed by atoms with E-state index in [0.29, 0.717) is 12.1 Å². The number of nitrogens with one attached hydrogen (secondary N) is 4. The maximum atomic E-state index is 13.6. The number of ether oxygens (including phenoxy) is 3. The van der Waals surface area contributed by atoms with Crippen LogP contribution in [0.1, 0.15) is 35.0 Å². The number of amides is 5. The Labute approximate surface area is 298 Å². The molecule has 0 fully saturated rings. The van der Waals surface area contributed by atoms with Crippen LogP contribution >= 0.6 is 11.3 Å². The van der Waals surface area contributed by atoms with Crippen molar-refractivity contribution in [3.8, 4) is 17.2 Å². The highest BCUT2D eigenvalue weighted by atomic mass is 32.1. The normalized spacial score (nSPS) is 18.4. The number of carbonyl (C=O) groups excluding carboxylic acids is 5. The van der Waals surface area contributed by atoms with Gasteiger partial charge in [-0.25, -0.2) is 4.98 Å². The molecule has 2 atom stereocenters. The van der Waals surface area contributed by atoms with Crippen molar-refractivity contribution >= 4 is 45.8 Å². The summed E-state index contributed by atoms with van der Waals surface area (Å²) in [6.45, 7) is 1.72. The Morgan fingerprint density at radius 1 is 1.00 bits per heavy atom. The lowest BCUT2D eigenvalue weighted by atomic mass is 10.0. The average Bonchev–Trinajstić information content (AvgIpc) is 3.72. The van der Waals surface area contributed by atoms with Crippen LogP contribution in [-0.2, 0) is 32.0 Å². The van der Waals surface area contributed by atoms with E-state index in [9.17, 15) is 24.0 Å². The smallest absolute Gasteiger partial charge is 0.252 e. The van der Waals surface area contributed by atoms with Crippen LogP contribution in [0.4, 0.5) is 0 Å². The molecule has 2 bridgehead atoms. The van der Waals surface area contributed by atoms with Gasteiger partial charge in [0.05, 0.1) is 39.5 Å². The molecule has 270 valence electrons. The van der Waals surface area contributed by atoms with Crippen LogP contribution < -0.4 is 35.5 Å². The zero-order valence-electron chi connectivity index (χ0n) is 28.6. The number of imidazole rings is 1. The molecule has 0 unspecified atom stereocenters. The van der Waals surface area contributed by atoms with Crippen molar-refractivity contribution in [1.29, 1.82) is 0 Å². The highest BCUT2D eigenvalue weighted by molar-refractivity contribution is 7.15. The molecule has 0 saturated heterocycles. The first-order valence-electron chi connectivity index (χ1n) is 16.4. The molecule has 0 spiro atoms. The van der Waals surface area contributed by atoms with Gasteiger partial charge in [0.25, 0.3) is 5.91 Å². The summed E-state index contributed by atoms with van der Waals surface area (Å²) in [5, 5.41) is 12.9. The Hall–Kier alpha value is -5.64. The van der Waals surface area contributed by atoms with E-state index in [1.807, 2.05) is 46.3 Å². The van der Waals surface area contributed by atoms with Crippen molar-refractivity contribution in [2.24, 2.45) is 0 Å². The first kappa shape index (κ1) is 36.6. The Kier molecular flexibility index (Phi) is 12.5. The maximum Gasteiger partial charge on any atom is 0.252 e. The summed E-state index contributed by atoms with van der Waals surface area (Å²) in [5.74, 6) is -1.67. The molecule has 16 heteroatoms. The van der Waals surface area contributed by atoms with Gasteiger partial charge in [-0.3, -0.25) is 28.4 Å². The lowest BCUT2D eigenvalue weighted by Crippen LogP contribution is -2.54. The van der Waals surface area contributed by atoms with Gasteiger partial charge in [-0.15, -0.1) is 11.3 Å². The summed E-state index contributed by atoms with van der Waals surface area (Å²) in [6.07, 6.45) is 4.14. The first-order valence-corrected chi connectivity index (χ1v) is 17.3. The van der Waals surface area contributed by atoms with Gasteiger partial charge in [-0.2, -0.15) is 0 Å². The number of benzene rings is 2. The summed E-state index contributed by atoms with van der Waals surface area (Å²) in [5.41, 5.74) is 1.51. The molecule has 51 heavy (non-hydrogen) atoms. The molecular weight excluding hydrogens is 678 g/mol. The number of hydrogen-bond donors (Lipinski definition) is 4. The summed E-state index contributed by atoms with van der Waals surface area (Å²) >= 11 is 1.44. The topological polar surface area (TPSA) is 182 Å². The Bertz CT molecular complexity index is 1810. The predicted octanol–water partition coefficient (Wildman–Crippen LogP) is 1.35. The van der Waals surface area contributed by atoms with Gasteiger partial charge in [0.15, 0.2) is 16.5 Å². The second kappa shape index (κ2) is 17.3. The Balaban J connectivity index is 1.38. The van der Waals surface area contributed by atoms with Crippen LogP contribution in [0, 0.1) is 0 Å². The molecular formula is C35H41N7O8S. The van der Waals surface area contributed by atoms with Crippen molar-refractivity contribution in [1.82, 2.24) is 35.6 Å². The van der Waals surface area contributed by atoms with Crippen LogP contribution in [0.5, 0.6) is 17.2 Å². The van der Waals surface area contributed by atoms with Crippen molar-refractivity contribution in [3.05, 3.63) is 77.1 Å². The molecule has 0 radical (unpaired) electrons. The van der Waals surface area contributed by atoms with Crippen LogP contribution in [0.25, 0.3) is 4.96 Å². The van der Waals surface area contributed by atoms with Gasteiger partial charge in [-0.1, -0.05) is 30.3 Å². The van der Waals surface area contributed by atoms with Gasteiger partial charge in [0, 0.05) is 49.4 Å². The van der Waals surface area contributed by atoms with E-state index in [-0.39, 0.29) is 74.3 Å². The van der Waals surface area contributed by atoms with E-state index in [4.69, 9.17) is 14.2 Å². The van der Waals surface area contributed by atoms with E-state index >= 15 is 0 Å². The summed E-state index contributed by atoms with van der Waals surface area (Å²) in [4.78, 5) is 73.3. The van der Waals surface area contributed by atoms with E-state index < -0.39 is 35.7 Å². The number of nitrogens with zero attached hydrogens (tertiary/aromatic N) is 3. The molecule has 4 aromatic rings. The third kappa shape index (κ3) is 9.75. The molecule has 2 aliphatic heterocycles. The zero-order valence-corrected chi connectivity index (χ0v) is 29.4. The second-order valence-corrected chi connectivity index (χ2v) is 12.7. The van der Waals surface area contributed by atoms with Crippen LogP contribution in [0.3, 0.4) is 0 Å². The first-order chi connectivity index (χ1) is 24.6. The monoisotopic (exact) mass is 719 g/mol. The third-order valence-electron chi connectivity index (χ3n) is 8.11. The van der Waals surface area contributed by atoms with E-state index in [1.165, 1.54) is 49.5 Å². The fraction of sp³-hybridized carbons (Fsp3) is 0.371. The summed E-state index contributed by atoms with van der Waals surface area (Å²) in [6, 6.07) is 10.1. The van der Waals surface area contributed by atoms with Crippen LogP contribution in [0.15, 0.2) is 60.2 Å². The van der Waals surface area contributed by atoms with E-state index in [1.54, 1.807) is 6.20 Å². The number of methoxy groups -OCH3 is 2. The maximum absolute atomic E-state index is 13.6. The fourth-order valence-corrected chi connectivity index (χ4v) is 6.13. The Morgan fingerprint density at radius 2 is 1.75 bits per heavy atom. The quantitative estimate of drug-likeness (QED) is 0.214. The molecule has 5 amide bonds. The highest BCUT2D eigenvalue weighted by Gasteiger charge is 2.27. The number of fused-ring (bicyclic) bond motifs is 20. The minimum absolute atomic E-state index is 0.0106. The Morgan fingerprint density at radius 3 is 2.45 bits per heavy atom. The minimum atomic E-state index is -1.03. The van der Waals surface area contributed by atoms with E-state index in [2.05, 4.69) is 26.3 Å². The number of carbonyl (C=O) groups is 5. The molecule has 2 aliphatic rings. The third-order valence-corrected chi connectivity index (χ3v) is 8.88. The van der Waals surface area contributed by atoms with Gasteiger partial charge in [-0.05, 0) is 31.0 Å². The van der Waals surface area contributed by atoms with Crippen molar-refractivity contribution in [2.45, 2.75) is 38.3 Å². The predicted molar refractivity (Wildman–Crippen MR) is 188 cm³/mol. The van der Waals surface area contributed by atoms with Crippen LogP contribution in [-0.4, -0.2) is 103 Å². The van der Waals surface area contributed by atoms with Crippen LogP contribution in [0.2, 0.25) is 0 Å². The summed E-state index contributed by atoms with van der Waals surface area (Å²) in [7, 11) is 2.84. The SMILES string of the molecule is COc1cc2cc(OC)c1OCCCNC(=O)CN(C(=O)Cc1cn3ccsc3n1)CCNC(=O)[C@@H](Cc1ccccc1)NC(=O)[C@H](C)NC2=O. The van der Waals surface area contributed by atoms with Gasteiger partial charge >= 0.3 is 0 Å². The molecule has 15 nitrogen and oxygen atoms in total. The lowest BCUT2D eigenvalue weighted by molar-refractivity contribution is -0.135. The minimum Gasteiger partial charge on any atom is -0.493 e. The molecule has 2 aromatic heterocycles. The van der Waals surface area contributed by atoms with Crippen molar-refractivity contribution < 1.29 is 38.2 Å². The van der Waals surface area contributed by atoms with Gasteiger partial charge in [0.1, 0.15) is 12.1 Å². The second-order valence-electron chi connectivity index (χ2n) is 11.8. The number of thiazole rings is 1. The number of rotatable bonds is 6. The number of hydrogen-bond acceptors (Lipinski definition) is 10. The van der Waals surface area contributed by atoms with E-state index in [0.717, 1.165) is 10.5 Å². The molecule has 4 heterocycles. The van der Waals surface area contributed by atoms with Gasteiger partial charge < -0.3 is 40.4 Å². The fourth-order valence-electron chi connectivity index (χ4n) is 5.42. The average molecular weight is 720 g/mol. The lowest BCUT2D eigenvalue weighted by Gasteiger charge is -2.24. The zero-order chi connectivity index (χ0) is 36.3. The van der Waals surface area contributed by atoms with Crippen molar-refractivity contribution in [3.63, 3.8) is 0 Å². The highest BCUT2D eigenvalue weighted by Crippen LogP contribution is 2.38. The van der Waals surface area contributed by atoms with Crippen molar-refractivity contribution in [2.75, 3.05) is 47.0 Å². The molecule has 2 aromatic carbocycles. The molecule has 0 saturated carbocycles. The molecule has 4 N–H and O–H groups in total. The van der Waals surface area contributed by atoms with Gasteiger partial charge in [0.2, 0.25) is 29.4 Å². The molecule has 0 aliphatic carbocycles. The summed E-state index contributed by atoms with van der Waals surface area (Å²) < 4.78 is 18.7.